The molecule has 0 spiro atoms. The second-order valence-corrected chi connectivity index (χ2v) is 2.11. The SMILES string of the molecule is CC1=CNC(=C=S)NC1=O. The topological polar surface area (TPSA) is 41.1 Å². The van der Waals surface area contributed by atoms with E-state index in [1.165, 1.54) is 0 Å². The Morgan fingerprint density at radius 3 is 2.90 bits per heavy atom. The monoisotopic (exact) mass is 154 g/mol. The van der Waals surface area contributed by atoms with E-state index >= 15 is 0 Å². The van der Waals surface area contributed by atoms with Crippen molar-refractivity contribution in [2.45, 2.75) is 6.92 Å². The first-order valence-corrected chi connectivity index (χ1v) is 3.14. The van der Waals surface area contributed by atoms with Gasteiger partial charge >= 0.3 is 0 Å². The van der Waals surface area contributed by atoms with Crippen LogP contribution in [0.15, 0.2) is 17.6 Å². The van der Waals surface area contributed by atoms with Crippen LogP contribution in [0.4, 0.5) is 0 Å². The van der Waals surface area contributed by atoms with E-state index < -0.39 is 0 Å². The number of rotatable bonds is 0. The average molecular weight is 154 g/mol. The molecule has 0 bridgehead atoms. The lowest BCUT2D eigenvalue weighted by molar-refractivity contribution is -0.117. The van der Waals surface area contributed by atoms with Gasteiger partial charge in [-0.1, -0.05) is 0 Å². The van der Waals surface area contributed by atoms with Crippen molar-refractivity contribution in [2.75, 3.05) is 0 Å². The molecule has 52 valence electrons. The molecule has 0 radical (unpaired) electrons. The van der Waals surface area contributed by atoms with Gasteiger partial charge in [-0.2, -0.15) is 0 Å². The molecule has 2 N–H and O–H groups in total. The van der Waals surface area contributed by atoms with E-state index in [4.69, 9.17) is 0 Å². The fourth-order valence-corrected chi connectivity index (χ4v) is 0.659. The highest BCUT2D eigenvalue weighted by atomic mass is 32.1. The van der Waals surface area contributed by atoms with Crippen molar-refractivity contribution in [1.82, 2.24) is 10.6 Å². The maximum Gasteiger partial charge on any atom is 0.254 e. The van der Waals surface area contributed by atoms with E-state index in [-0.39, 0.29) is 5.91 Å². The number of amides is 1. The maximum atomic E-state index is 10.8. The molecular formula is C6H6N2OS. The van der Waals surface area contributed by atoms with E-state index in [1.807, 2.05) is 0 Å². The molecule has 0 aliphatic carbocycles. The average Bonchev–Trinajstić information content (AvgIpc) is 1.95. The highest BCUT2D eigenvalue weighted by molar-refractivity contribution is 7.78. The lowest BCUT2D eigenvalue weighted by Crippen LogP contribution is -2.35. The molecule has 4 heteroatoms. The number of thiocarbonyl (C=S) groups is 1. The quantitative estimate of drug-likeness (QED) is 0.484. The highest BCUT2D eigenvalue weighted by Crippen LogP contribution is 1.96. The third-order valence-electron chi connectivity index (χ3n) is 1.13. The highest BCUT2D eigenvalue weighted by Gasteiger charge is 2.10. The van der Waals surface area contributed by atoms with Crippen molar-refractivity contribution in [3.63, 3.8) is 0 Å². The summed E-state index contributed by atoms with van der Waals surface area (Å²) in [4.78, 5) is 10.8. The van der Waals surface area contributed by atoms with Gasteiger partial charge < -0.3 is 10.6 Å². The van der Waals surface area contributed by atoms with Crippen molar-refractivity contribution in [1.29, 1.82) is 0 Å². The summed E-state index contributed by atoms with van der Waals surface area (Å²) in [7, 11) is 0. The van der Waals surface area contributed by atoms with Crippen molar-refractivity contribution in [3.8, 4) is 0 Å². The van der Waals surface area contributed by atoms with Crippen LogP contribution in [0.5, 0.6) is 0 Å². The molecule has 0 fully saturated rings. The second kappa shape index (κ2) is 2.64. The minimum Gasteiger partial charge on any atom is -0.340 e. The van der Waals surface area contributed by atoms with E-state index in [1.54, 1.807) is 13.1 Å². The first-order chi connectivity index (χ1) is 4.74. The normalized spacial score (nSPS) is 16.7. The van der Waals surface area contributed by atoms with Gasteiger partial charge in [0.2, 0.25) is 0 Å². The number of hydrogen-bond donors (Lipinski definition) is 2. The van der Waals surface area contributed by atoms with Crippen LogP contribution >= 0.6 is 12.2 Å². The molecule has 0 atom stereocenters. The molecule has 1 amide bonds. The van der Waals surface area contributed by atoms with E-state index in [2.05, 4.69) is 27.9 Å². The maximum absolute atomic E-state index is 10.8. The first-order valence-electron chi connectivity index (χ1n) is 2.74. The molecule has 0 aromatic heterocycles. The van der Waals surface area contributed by atoms with Gasteiger partial charge in [-0.25, -0.2) is 0 Å². The molecule has 1 aliphatic rings. The summed E-state index contributed by atoms with van der Waals surface area (Å²) in [6.07, 6.45) is 1.59. The Morgan fingerprint density at radius 2 is 2.40 bits per heavy atom. The smallest absolute Gasteiger partial charge is 0.254 e. The van der Waals surface area contributed by atoms with Crippen molar-refractivity contribution in [2.24, 2.45) is 0 Å². The van der Waals surface area contributed by atoms with Crippen molar-refractivity contribution < 1.29 is 4.79 Å². The van der Waals surface area contributed by atoms with E-state index in [0.717, 1.165) is 0 Å². The van der Waals surface area contributed by atoms with Crippen LogP contribution in [0, 0.1) is 0 Å². The number of carbonyl (C=O) groups is 1. The Balaban J connectivity index is 2.88. The van der Waals surface area contributed by atoms with Crippen LogP contribution < -0.4 is 10.6 Å². The molecule has 1 heterocycles. The van der Waals surface area contributed by atoms with Gasteiger partial charge in [-0.05, 0) is 24.2 Å². The van der Waals surface area contributed by atoms with Gasteiger partial charge in [-0.3, -0.25) is 4.79 Å². The lowest BCUT2D eigenvalue weighted by atomic mass is 10.3. The second-order valence-electron chi connectivity index (χ2n) is 1.90. The molecule has 0 aromatic rings. The minimum atomic E-state index is -0.133. The predicted octanol–water partition coefficient (Wildman–Crippen LogP) is 0.0496. The fourth-order valence-electron chi connectivity index (χ4n) is 0.549. The van der Waals surface area contributed by atoms with E-state index in [9.17, 15) is 4.79 Å². The Morgan fingerprint density at radius 1 is 1.70 bits per heavy atom. The van der Waals surface area contributed by atoms with Gasteiger partial charge in [0.1, 0.15) is 0 Å². The Hall–Kier alpha value is -1.12. The van der Waals surface area contributed by atoms with Crippen molar-refractivity contribution >= 4 is 23.1 Å². The summed E-state index contributed by atoms with van der Waals surface area (Å²) < 4.78 is 0. The fraction of sp³-hybridized carbons (Fsp3) is 0.167. The third-order valence-corrected chi connectivity index (χ3v) is 1.34. The lowest BCUT2D eigenvalue weighted by Gasteiger charge is -2.12. The summed E-state index contributed by atoms with van der Waals surface area (Å²) in [5, 5.41) is 7.62. The van der Waals surface area contributed by atoms with Gasteiger partial charge in [0.15, 0.2) is 5.82 Å². The molecule has 0 unspecified atom stereocenters. The van der Waals surface area contributed by atoms with Crippen LogP contribution in [0.1, 0.15) is 6.92 Å². The standard InChI is InChI=1S/C6H6N2OS/c1-4-2-7-5(3-10)8-6(4)9/h2,7H,1H3,(H,8,9). The Bertz CT molecular complexity index is 250. The zero-order valence-corrected chi connectivity index (χ0v) is 6.21. The van der Waals surface area contributed by atoms with Crippen LogP contribution in [-0.2, 0) is 4.79 Å². The summed E-state index contributed by atoms with van der Waals surface area (Å²) >= 11 is 4.47. The van der Waals surface area contributed by atoms with Gasteiger partial charge in [0.25, 0.3) is 5.91 Å². The predicted molar refractivity (Wildman–Crippen MR) is 41.1 cm³/mol. The Kier molecular flexibility index (Phi) is 1.85. The molecule has 0 saturated carbocycles. The van der Waals surface area contributed by atoms with Crippen LogP contribution in [0.25, 0.3) is 0 Å². The van der Waals surface area contributed by atoms with Gasteiger partial charge in [0, 0.05) is 11.8 Å². The molecule has 0 saturated heterocycles. The Labute approximate surface area is 63.8 Å². The van der Waals surface area contributed by atoms with Crippen LogP contribution in [0.2, 0.25) is 0 Å². The zero-order valence-electron chi connectivity index (χ0n) is 5.39. The zero-order chi connectivity index (χ0) is 7.56. The molecule has 0 aromatic carbocycles. The summed E-state index contributed by atoms with van der Waals surface area (Å²) in [5.41, 5.74) is 0.633. The third kappa shape index (κ3) is 1.23. The number of hydrogen-bond acceptors (Lipinski definition) is 3. The summed E-state index contributed by atoms with van der Waals surface area (Å²) in [6.45, 7) is 1.71. The molecule has 3 nitrogen and oxygen atoms in total. The largest absolute Gasteiger partial charge is 0.340 e. The minimum absolute atomic E-state index is 0.133. The number of nitrogens with one attached hydrogen (secondary N) is 2. The first kappa shape index (κ1) is 6.99. The molecule has 10 heavy (non-hydrogen) atoms. The summed E-state index contributed by atoms with van der Waals surface area (Å²) in [5.74, 6) is 0.303. The molecule has 1 rings (SSSR count). The molecule has 1 aliphatic heterocycles. The van der Waals surface area contributed by atoms with Gasteiger partial charge in [-0.15, -0.1) is 0 Å². The summed E-state index contributed by atoms with van der Waals surface area (Å²) in [6, 6.07) is 0. The molecular weight excluding hydrogens is 148 g/mol. The van der Waals surface area contributed by atoms with E-state index in [0.29, 0.717) is 11.4 Å². The number of carbonyl (C=O) groups excluding carboxylic acids is 1. The van der Waals surface area contributed by atoms with Crippen molar-refractivity contribution in [3.05, 3.63) is 17.6 Å². The van der Waals surface area contributed by atoms with Crippen LogP contribution in [0.3, 0.4) is 0 Å². The van der Waals surface area contributed by atoms with Crippen LogP contribution in [-0.4, -0.2) is 10.9 Å². The van der Waals surface area contributed by atoms with Gasteiger partial charge in [0.05, 0.1) is 0 Å².